The summed E-state index contributed by atoms with van der Waals surface area (Å²) in [5.74, 6) is -0.998. The second-order valence-corrected chi connectivity index (χ2v) is 12.4. The van der Waals surface area contributed by atoms with E-state index < -0.39 is 29.2 Å². The Labute approximate surface area is 232 Å². The summed E-state index contributed by atoms with van der Waals surface area (Å²) in [6, 6.07) is -0.902. The van der Waals surface area contributed by atoms with Crippen LogP contribution >= 0.6 is 57.8 Å². The Morgan fingerprint density at radius 2 is 2.22 bits per heavy atom. The molecule has 2 aliphatic rings. The van der Waals surface area contributed by atoms with E-state index in [1.54, 1.807) is 5.38 Å². The van der Waals surface area contributed by atoms with Crippen molar-refractivity contribution in [1.29, 1.82) is 0 Å². The molecule has 196 valence electrons. The van der Waals surface area contributed by atoms with Crippen molar-refractivity contribution in [2.75, 3.05) is 31.0 Å². The molecule has 1 fully saturated rings. The smallest absolute Gasteiger partial charge is 0.355 e. The maximum atomic E-state index is 13.2. The minimum Gasteiger partial charge on any atom is -0.455 e. The van der Waals surface area contributed by atoms with Gasteiger partial charge in [0.15, 0.2) is 15.2 Å². The summed E-state index contributed by atoms with van der Waals surface area (Å²) in [5.41, 5.74) is 6.59. The van der Waals surface area contributed by atoms with Crippen molar-refractivity contribution in [3.8, 4) is 0 Å². The summed E-state index contributed by atoms with van der Waals surface area (Å²) in [5, 5.41) is 16.8. The predicted molar refractivity (Wildman–Crippen MR) is 143 cm³/mol. The molecule has 1 unspecified atom stereocenters. The largest absolute Gasteiger partial charge is 0.455 e. The molecule has 0 aromatic carbocycles. The van der Waals surface area contributed by atoms with Crippen LogP contribution in [-0.4, -0.2) is 80.2 Å². The number of esters is 1. The van der Waals surface area contributed by atoms with Crippen LogP contribution in [-0.2, 0) is 24.0 Å². The van der Waals surface area contributed by atoms with Crippen molar-refractivity contribution in [3.05, 3.63) is 39.0 Å². The van der Waals surface area contributed by atoms with Crippen molar-refractivity contribution in [1.82, 2.24) is 25.4 Å². The molecular formula is C20H20ClN7O5S4. The number of carbonyl (C=O) groups excluding carboxylic acids is 3. The van der Waals surface area contributed by atoms with Gasteiger partial charge < -0.3 is 20.6 Å². The molecule has 2 atom stereocenters. The number of halogens is 1. The number of hydrogen-bond acceptors (Lipinski definition) is 14. The molecule has 17 heteroatoms. The molecule has 4 rings (SSSR count). The molecule has 0 aliphatic carbocycles. The third-order valence-electron chi connectivity index (χ3n) is 4.93. The summed E-state index contributed by atoms with van der Waals surface area (Å²) in [6.07, 6.45) is 0. The molecule has 2 aliphatic heterocycles. The van der Waals surface area contributed by atoms with E-state index in [9.17, 15) is 14.4 Å². The predicted octanol–water partition coefficient (Wildman–Crippen LogP) is 1.98. The molecule has 2 aromatic heterocycles. The average molecular weight is 602 g/mol. The summed E-state index contributed by atoms with van der Waals surface area (Å²) in [6.45, 7) is 5.17. The van der Waals surface area contributed by atoms with Gasteiger partial charge in [-0.3, -0.25) is 14.5 Å². The van der Waals surface area contributed by atoms with Gasteiger partial charge in [0.1, 0.15) is 41.5 Å². The van der Waals surface area contributed by atoms with Crippen LogP contribution in [0.15, 0.2) is 37.8 Å². The number of ether oxygens (including phenoxy) is 1. The lowest BCUT2D eigenvalue weighted by Gasteiger charge is -2.49. The Hall–Kier alpha value is -2.66. The van der Waals surface area contributed by atoms with Crippen molar-refractivity contribution < 1.29 is 24.0 Å². The van der Waals surface area contributed by atoms with E-state index >= 15 is 0 Å². The molecule has 3 N–H and O–H groups in total. The summed E-state index contributed by atoms with van der Waals surface area (Å²) < 4.78 is 6.01. The van der Waals surface area contributed by atoms with Gasteiger partial charge in [0.2, 0.25) is 0 Å². The molecule has 4 heterocycles. The van der Waals surface area contributed by atoms with Gasteiger partial charge in [-0.2, -0.15) is 0 Å². The monoisotopic (exact) mass is 601 g/mol. The molecule has 12 nitrogen and oxygen atoms in total. The first-order chi connectivity index (χ1) is 17.7. The van der Waals surface area contributed by atoms with E-state index in [0.29, 0.717) is 17.1 Å². The van der Waals surface area contributed by atoms with Gasteiger partial charge in [0.25, 0.3) is 11.8 Å². The van der Waals surface area contributed by atoms with Crippen LogP contribution in [0.25, 0.3) is 0 Å². The lowest BCUT2D eigenvalue weighted by Crippen LogP contribution is -2.71. The summed E-state index contributed by atoms with van der Waals surface area (Å²) in [4.78, 5) is 49.4. The second-order valence-electron chi connectivity index (χ2n) is 7.48. The Balaban J connectivity index is 1.53. The van der Waals surface area contributed by atoms with E-state index in [1.807, 2.05) is 6.92 Å². The minimum absolute atomic E-state index is 0.122. The Kier molecular flexibility index (Phi) is 8.74. The van der Waals surface area contributed by atoms with Crippen molar-refractivity contribution >= 4 is 86.4 Å². The fourth-order valence-corrected chi connectivity index (χ4v) is 7.29. The highest BCUT2D eigenvalue weighted by Crippen LogP contribution is 2.42. The number of aromatic nitrogens is 3. The van der Waals surface area contributed by atoms with E-state index in [2.05, 4.69) is 32.2 Å². The lowest BCUT2D eigenvalue weighted by atomic mass is 10.0. The molecule has 0 spiro atoms. The number of carbonyl (C=O) groups is 3. The first-order valence-corrected chi connectivity index (χ1v) is 14.5. The van der Waals surface area contributed by atoms with Crippen LogP contribution < -0.4 is 11.1 Å². The van der Waals surface area contributed by atoms with Crippen LogP contribution in [0.3, 0.4) is 0 Å². The minimum atomic E-state index is -0.902. The first kappa shape index (κ1) is 27.4. The fraction of sp³-hybridized carbons (Fsp3) is 0.350. The molecule has 0 bridgehead atoms. The number of fused-ring (bicyclic) bond motifs is 1. The van der Waals surface area contributed by atoms with Gasteiger partial charge >= 0.3 is 5.97 Å². The number of nitrogens with two attached hydrogens (primary N) is 1. The van der Waals surface area contributed by atoms with Crippen LogP contribution in [0.1, 0.15) is 10.7 Å². The number of nitrogens with zero attached hydrogens (tertiary/aromatic N) is 5. The molecular weight excluding hydrogens is 582 g/mol. The fourth-order valence-electron chi connectivity index (χ4n) is 3.38. The molecule has 2 aromatic rings. The third kappa shape index (κ3) is 6.09. The van der Waals surface area contributed by atoms with Crippen molar-refractivity contribution in [2.24, 2.45) is 5.16 Å². The van der Waals surface area contributed by atoms with Gasteiger partial charge in [0, 0.05) is 21.9 Å². The zero-order valence-corrected chi connectivity index (χ0v) is 23.4. The number of hydrogen-bond donors (Lipinski definition) is 2. The van der Waals surface area contributed by atoms with E-state index in [1.165, 1.54) is 46.9 Å². The summed E-state index contributed by atoms with van der Waals surface area (Å²) in [7, 11) is 1.29. The number of oxime groups is 1. The van der Waals surface area contributed by atoms with Crippen molar-refractivity contribution in [2.45, 2.75) is 22.7 Å². The number of anilines is 1. The second kappa shape index (κ2) is 11.8. The molecule has 0 radical (unpaired) electrons. The normalized spacial score (nSPS) is 19.3. The Morgan fingerprint density at radius 3 is 2.84 bits per heavy atom. The van der Waals surface area contributed by atoms with Crippen LogP contribution in [0.5, 0.6) is 0 Å². The number of nitrogen functional groups attached to an aromatic ring is 1. The number of β-lactam (4-membered cyclic amide) rings is 1. The molecule has 0 saturated carbocycles. The highest BCUT2D eigenvalue weighted by molar-refractivity contribution is 8.01. The standard InChI is InChI=1S/C20H20ClN7O5S4/c1-8(21)4-33-18(31)14-10(6-36-20-26-25-9(2)37-20)5-34-17-13(16(30)28(14)17)24-15(29)12(27-32-3)11-7-35-19(22)23-11/h7,13,17H,1,4-6H2,2-3H3,(H2,22,23)(H,24,29)/t13?,17-/m0/s1. The van der Waals surface area contributed by atoms with E-state index in [-0.39, 0.29) is 33.9 Å². The van der Waals surface area contributed by atoms with Gasteiger partial charge in [-0.25, -0.2) is 9.78 Å². The van der Waals surface area contributed by atoms with Gasteiger partial charge in [-0.05, 0) is 12.5 Å². The van der Waals surface area contributed by atoms with Crippen LogP contribution in [0.2, 0.25) is 0 Å². The van der Waals surface area contributed by atoms with Crippen molar-refractivity contribution in [3.63, 3.8) is 0 Å². The SMILES string of the molecule is C=C(Cl)COC(=O)C1=C(CSc2nnc(C)s2)CS[C@H]2C(NC(=O)C(=NOC)c3csc(N)n3)C(=O)N12. The Bertz CT molecular complexity index is 1310. The van der Waals surface area contributed by atoms with Gasteiger partial charge in [-0.15, -0.1) is 33.3 Å². The number of aryl methyl sites for hydroxylation is 1. The van der Waals surface area contributed by atoms with Gasteiger partial charge in [0.05, 0.1) is 0 Å². The lowest BCUT2D eigenvalue weighted by molar-refractivity contribution is -0.152. The zero-order valence-electron chi connectivity index (χ0n) is 19.4. The quantitative estimate of drug-likeness (QED) is 0.135. The summed E-state index contributed by atoms with van der Waals surface area (Å²) >= 11 is 11.2. The number of thiazole rings is 1. The van der Waals surface area contributed by atoms with E-state index in [0.717, 1.165) is 20.7 Å². The number of rotatable bonds is 10. The number of amides is 2. The topological polar surface area (TPSA) is 162 Å². The maximum Gasteiger partial charge on any atom is 0.355 e. The molecule has 1 saturated heterocycles. The van der Waals surface area contributed by atoms with Crippen LogP contribution in [0.4, 0.5) is 5.13 Å². The molecule has 37 heavy (non-hydrogen) atoms. The molecule has 2 amide bonds. The van der Waals surface area contributed by atoms with Crippen LogP contribution in [0, 0.1) is 6.92 Å². The number of thioether (sulfide) groups is 2. The zero-order chi connectivity index (χ0) is 26.7. The first-order valence-electron chi connectivity index (χ1n) is 10.4. The van der Waals surface area contributed by atoms with Gasteiger partial charge in [-0.1, -0.05) is 46.4 Å². The average Bonchev–Trinajstić information content (AvgIpc) is 3.49. The Morgan fingerprint density at radius 1 is 1.43 bits per heavy atom. The van der Waals surface area contributed by atoms with E-state index in [4.69, 9.17) is 26.9 Å². The third-order valence-corrected chi connectivity index (χ3v) is 9.11. The highest BCUT2D eigenvalue weighted by Gasteiger charge is 2.54. The maximum absolute atomic E-state index is 13.2. The number of nitrogens with one attached hydrogen (secondary N) is 1. The highest BCUT2D eigenvalue weighted by atomic mass is 35.5.